The molecule has 1 aromatic carbocycles. The Labute approximate surface area is 108 Å². The largest absolute Gasteiger partial charge is 0.489 e. The quantitative estimate of drug-likeness (QED) is 0.932. The van der Waals surface area contributed by atoms with Gasteiger partial charge >= 0.3 is 0 Å². The van der Waals surface area contributed by atoms with Crippen LogP contribution < -0.4 is 4.74 Å². The lowest BCUT2D eigenvalue weighted by atomic mass is 9.96. The molecule has 1 aromatic rings. The van der Waals surface area contributed by atoms with Crippen LogP contribution in [0.4, 0.5) is 4.39 Å². The number of aliphatic hydroxyl groups is 1. The lowest BCUT2D eigenvalue weighted by molar-refractivity contribution is -0.0857. The molecule has 1 N–H and O–H groups in total. The molecule has 0 amide bonds. The van der Waals surface area contributed by atoms with E-state index in [4.69, 9.17) is 9.47 Å². The smallest absolute Gasteiger partial charge is 0.136 e. The minimum Gasteiger partial charge on any atom is -0.489 e. The Balaban J connectivity index is 1.99. The summed E-state index contributed by atoms with van der Waals surface area (Å²) in [5, 5.41) is 10.2. The molecule has 0 bridgehead atoms. The molecule has 0 aliphatic carbocycles. The maximum atomic E-state index is 13.0. The van der Waals surface area contributed by atoms with E-state index in [-0.39, 0.29) is 12.4 Å². The van der Waals surface area contributed by atoms with Crippen LogP contribution in [0.15, 0.2) is 22.7 Å². The normalized spacial score (nSPS) is 19.0. The molecule has 0 radical (unpaired) electrons. The summed E-state index contributed by atoms with van der Waals surface area (Å²) in [5.74, 6) is 0.0482. The fraction of sp³-hybridized carbons (Fsp3) is 0.500. The molecule has 1 fully saturated rings. The van der Waals surface area contributed by atoms with Crippen molar-refractivity contribution in [3.05, 3.63) is 28.5 Å². The summed E-state index contributed by atoms with van der Waals surface area (Å²) in [4.78, 5) is 0. The van der Waals surface area contributed by atoms with Crippen LogP contribution in [0.2, 0.25) is 0 Å². The summed E-state index contributed by atoms with van der Waals surface area (Å²) in [6, 6.07) is 4.23. The highest BCUT2D eigenvalue weighted by Crippen LogP contribution is 2.28. The maximum absolute atomic E-state index is 13.0. The van der Waals surface area contributed by atoms with Gasteiger partial charge in [-0.25, -0.2) is 4.39 Å². The summed E-state index contributed by atoms with van der Waals surface area (Å²) in [5.41, 5.74) is -0.871. The molecular weight excluding hydrogens is 291 g/mol. The van der Waals surface area contributed by atoms with E-state index < -0.39 is 5.60 Å². The molecule has 0 aromatic heterocycles. The lowest BCUT2D eigenvalue weighted by Crippen LogP contribution is -2.41. The van der Waals surface area contributed by atoms with Crippen LogP contribution in [0.3, 0.4) is 0 Å². The van der Waals surface area contributed by atoms with Gasteiger partial charge in [0.15, 0.2) is 0 Å². The van der Waals surface area contributed by atoms with Gasteiger partial charge in [-0.1, -0.05) is 0 Å². The van der Waals surface area contributed by atoms with Gasteiger partial charge in [0.2, 0.25) is 0 Å². The second-order valence-electron chi connectivity index (χ2n) is 4.20. The summed E-state index contributed by atoms with van der Waals surface area (Å²) >= 11 is 3.28. The molecule has 5 heteroatoms. The Morgan fingerprint density at radius 1 is 1.41 bits per heavy atom. The highest BCUT2D eigenvalue weighted by Gasteiger charge is 2.30. The second kappa shape index (κ2) is 5.33. The first kappa shape index (κ1) is 12.8. The first-order valence-corrected chi connectivity index (χ1v) is 6.26. The zero-order chi connectivity index (χ0) is 12.3. The number of hydrogen-bond acceptors (Lipinski definition) is 3. The molecule has 94 valence electrons. The van der Waals surface area contributed by atoms with Gasteiger partial charge in [-0.05, 0) is 28.1 Å². The van der Waals surface area contributed by atoms with E-state index in [2.05, 4.69) is 15.9 Å². The monoisotopic (exact) mass is 304 g/mol. The van der Waals surface area contributed by atoms with Crippen LogP contribution in [-0.2, 0) is 4.74 Å². The van der Waals surface area contributed by atoms with Crippen molar-refractivity contribution in [2.45, 2.75) is 18.4 Å². The van der Waals surface area contributed by atoms with Gasteiger partial charge in [-0.3, -0.25) is 0 Å². The number of ether oxygens (including phenoxy) is 2. The first-order valence-electron chi connectivity index (χ1n) is 5.47. The van der Waals surface area contributed by atoms with Gasteiger partial charge in [0.05, 0.1) is 4.47 Å². The zero-order valence-electron chi connectivity index (χ0n) is 9.29. The average molecular weight is 305 g/mol. The number of rotatable bonds is 3. The molecule has 17 heavy (non-hydrogen) atoms. The van der Waals surface area contributed by atoms with Crippen LogP contribution in [0.1, 0.15) is 12.8 Å². The van der Waals surface area contributed by atoms with E-state index in [0.717, 1.165) is 0 Å². The van der Waals surface area contributed by atoms with Crippen molar-refractivity contribution in [1.82, 2.24) is 0 Å². The Morgan fingerprint density at radius 2 is 2.12 bits per heavy atom. The molecular formula is C12H14BrFO3. The van der Waals surface area contributed by atoms with Crippen LogP contribution in [0, 0.1) is 5.82 Å². The van der Waals surface area contributed by atoms with Crippen molar-refractivity contribution in [3.8, 4) is 5.75 Å². The van der Waals surface area contributed by atoms with Gasteiger partial charge in [0.1, 0.15) is 23.8 Å². The SMILES string of the molecule is OC1(COc2cc(F)ccc2Br)CCOCC1. The third-order valence-corrected chi connectivity index (χ3v) is 3.47. The van der Waals surface area contributed by atoms with Crippen molar-refractivity contribution < 1.29 is 19.0 Å². The topological polar surface area (TPSA) is 38.7 Å². The highest BCUT2D eigenvalue weighted by molar-refractivity contribution is 9.10. The van der Waals surface area contributed by atoms with Gasteiger partial charge < -0.3 is 14.6 Å². The number of hydrogen-bond donors (Lipinski definition) is 1. The molecule has 3 nitrogen and oxygen atoms in total. The van der Waals surface area contributed by atoms with Crippen LogP contribution in [0.25, 0.3) is 0 Å². The molecule has 0 saturated carbocycles. The molecule has 0 unspecified atom stereocenters. The van der Waals surface area contributed by atoms with Crippen molar-refractivity contribution in [2.24, 2.45) is 0 Å². The molecule has 1 saturated heterocycles. The summed E-state index contributed by atoms with van der Waals surface area (Å²) < 4.78 is 24.3. The van der Waals surface area contributed by atoms with Crippen LogP contribution in [0.5, 0.6) is 5.75 Å². The van der Waals surface area contributed by atoms with Gasteiger partial charge in [0, 0.05) is 32.1 Å². The van der Waals surface area contributed by atoms with E-state index >= 15 is 0 Å². The molecule has 0 spiro atoms. The lowest BCUT2D eigenvalue weighted by Gasteiger charge is -2.31. The molecule has 1 aliphatic rings. The van der Waals surface area contributed by atoms with Gasteiger partial charge in [-0.15, -0.1) is 0 Å². The predicted molar refractivity (Wildman–Crippen MR) is 64.6 cm³/mol. The summed E-state index contributed by atoms with van der Waals surface area (Å²) in [6.07, 6.45) is 1.08. The minimum absolute atomic E-state index is 0.151. The van der Waals surface area contributed by atoms with Crippen molar-refractivity contribution in [3.63, 3.8) is 0 Å². The number of halogens is 2. The molecule has 2 rings (SSSR count). The van der Waals surface area contributed by atoms with E-state index in [1.54, 1.807) is 6.07 Å². The highest BCUT2D eigenvalue weighted by atomic mass is 79.9. The first-order chi connectivity index (χ1) is 8.09. The van der Waals surface area contributed by atoms with Crippen molar-refractivity contribution in [2.75, 3.05) is 19.8 Å². The third-order valence-electron chi connectivity index (χ3n) is 2.81. The summed E-state index contributed by atoms with van der Waals surface area (Å²) in [6.45, 7) is 1.22. The number of benzene rings is 1. The van der Waals surface area contributed by atoms with Crippen LogP contribution in [-0.4, -0.2) is 30.5 Å². The second-order valence-corrected chi connectivity index (χ2v) is 5.05. The van der Waals surface area contributed by atoms with E-state index in [1.165, 1.54) is 12.1 Å². The van der Waals surface area contributed by atoms with E-state index in [0.29, 0.717) is 36.3 Å². The Morgan fingerprint density at radius 3 is 2.82 bits per heavy atom. The summed E-state index contributed by atoms with van der Waals surface area (Å²) in [7, 11) is 0. The van der Waals surface area contributed by atoms with Gasteiger partial charge in [-0.2, -0.15) is 0 Å². The zero-order valence-corrected chi connectivity index (χ0v) is 10.9. The Bertz CT molecular complexity index is 391. The molecule has 1 aliphatic heterocycles. The fourth-order valence-corrected chi connectivity index (χ4v) is 2.06. The van der Waals surface area contributed by atoms with E-state index in [9.17, 15) is 9.50 Å². The molecule has 0 atom stereocenters. The van der Waals surface area contributed by atoms with Crippen molar-refractivity contribution in [1.29, 1.82) is 0 Å². The average Bonchev–Trinajstić information content (AvgIpc) is 2.31. The third kappa shape index (κ3) is 3.40. The Kier molecular flexibility index (Phi) is 4.01. The van der Waals surface area contributed by atoms with E-state index in [1.807, 2.05) is 0 Å². The predicted octanol–water partition coefficient (Wildman–Crippen LogP) is 2.51. The Hall–Kier alpha value is -0.650. The van der Waals surface area contributed by atoms with Crippen LogP contribution >= 0.6 is 15.9 Å². The fourth-order valence-electron chi connectivity index (χ4n) is 1.70. The maximum Gasteiger partial charge on any atom is 0.136 e. The molecule has 1 heterocycles. The van der Waals surface area contributed by atoms with Crippen molar-refractivity contribution >= 4 is 15.9 Å². The van der Waals surface area contributed by atoms with Gasteiger partial charge in [0.25, 0.3) is 0 Å². The minimum atomic E-state index is -0.871. The standard InChI is InChI=1S/C12H14BrFO3/c13-10-2-1-9(14)7-11(10)17-8-12(15)3-5-16-6-4-12/h1-2,7,15H,3-6,8H2.